The van der Waals surface area contributed by atoms with Gasteiger partial charge in [-0.15, -0.1) is 0 Å². The first kappa shape index (κ1) is 16.3. The number of nitrogens with zero attached hydrogens (tertiary/aromatic N) is 1. The molecular weight excluding hydrogens is 296 g/mol. The average molecular weight is 320 g/mol. The monoisotopic (exact) mass is 320 g/mol. The highest BCUT2D eigenvalue weighted by atomic mass is 16.1. The molecule has 1 heterocycles. The Morgan fingerprint density at radius 1 is 1.12 bits per heavy atom. The van der Waals surface area contributed by atoms with E-state index in [-0.39, 0.29) is 5.91 Å². The molecule has 3 nitrogen and oxygen atoms in total. The van der Waals surface area contributed by atoms with Crippen LogP contribution in [0.2, 0.25) is 0 Å². The fraction of sp³-hybridized carbons (Fsp3) is 0.286. The molecule has 0 aliphatic carbocycles. The Balaban J connectivity index is 1.81. The molecule has 0 bridgehead atoms. The summed E-state index contributed by atoms with van der Waals surface area (Å²) in [5, 5.41) is 4.24. The van der Waals surface area contributed by atoms with Gasteiger partial charge >= 0.3 is 0 Å². The molecule has 1 aromatic heterocycles. The molecule has 3 rings (SSSR count). The molecule has 1 N–H and O–H groups in total. The van der Waals surface area contributed by atoms with E-state index in [1.807, 2.05) is 43.6 Å². The third kappa shape index (κ3) is 3.21. The standard InChI is InChI=1S/C21H24N2O/c1-4-15(2)17-9-5-7-11-19(17)22-21(24)13-16-14-23(3)20-12-8-6-10-18(16)20/h5-12,14-15H,4,13H2,1-3H3,(H,22,24). The lowest BCUT2D eigenvalue weighted by atomic mass is 9.97. The fourth-order valence-electron chi connectivity index (χ4n) is 3.19. The Hall–Kier alpha value is -2.55. The third-order valence-corrected chi connectivity index (χ3v) is 4.71. The van der Waals surface area contributed by atoms with Gasteiger partial charge in [-0.2, -0.15) is 0 Å². The molecule has 0 radical (unpaired) electrons. The normalized spacial score (nSPS) is 12.3. The van der Waals surface area contributed by atoms with E-state index in [1.165, 1.54) is 5.56 Å². The number of carbonyl (C=O) groups excluding carboxylic acids is 1. The summed E-state index contributed by atoms with van der Waals surface area (Å²) in [6.45, 7) is 4.36. The molecule has 3 aromatic rings. The van der Waals surface area contributed by atoms with Gasteiger partial charge in [0.25, 0.3) is 0 Å². The Bertz CT molecular complexity index is 863. The van der Waals surface area contributed by atoms with E-state index in [2.05, 4.69) is 41.9 Å². The molecule has 0 spiro atoms. The maximum absolute atomic E-state index is 12.6. The largest absolute Gasteiger partial charge is 0.350 e. The van der Waals surface area contributed by atoms with Crippen LogP contribution in [0.4, 0.5) is 5.69 Å². The number of rotatable bonds is 5. The fourth-order valence-corrected chi connectivity index (χ4v) is 3.19. The number of fused-ring (bicyclic) bond motifs is 1. The van der Waals surface area contributed by atoms with Crippen molar-refractivity contribution in [2.75, 3.05) is 5.32 Å². The summed E-state index contributed by atoms with van der Waals surface area (Å²) < 4.78 is 2.07. The summed E-state index contributed by atoms with van der Waals surface area (Å²) in [4.78, 5) is 12.6. The van der Waals surface area contributed by atoms with Crippen molar-refractivity contribution in [1.29, 1.82) is 0 Å². The van der Waals surface area contributed by atoms with Gasteiger partial charge in [0.2, 0.25) is 5.91 Å². The van der Waals surface area contributed by atoms with Crippen LogP contribution in [-0.4, -0.2) is 10.5 Å². The number of amides is 1. The summed E-state index contributed by atoms with van der Waals surface area (Å²) in [5.74, 6) is 0.459. The lowest BCUT2D eigenvalue weighted by Crippen LogP contribution is -2.16. The molecule has 1 amide bonds. The van der Waals surface area contributed by atoms with Crippen LogP contribution in [0, 0.1) is 0 Å². The highest BCUT2D eigenvalue weighted by molar-refractivity contribution is 5.96. The third-order valence-electron chi connectivity index (χ3n) is 4.71. The summed E-state index contributed by atoms with van der Waals surface area (Å²) in [7, 11) is 2.02. The average Bonchev–Trinajstić information content (AvgIpc) is 2.91. The van der Waals surface area contributed by atoms with Crippen LogP contribution in [0.5, 0.6) is 0 Å². The van der Waals surface area contributed by atoms with E-state index in [9.17, 15) is 4.79 Å². The second-order valence-electron chi connectivity index (χ2n) is 6.40. The van der Waals surface area contributed by atoms with Gasteiger partial charge in [0, 0.05) is 29.8 Å². The van der Waals surface area contributed by atoms with Gasteiger partial charge < -0.3 is 9.88 Å². The maximum atomic E-state index is 12.6. The van der Waals surface area contributed by atoms with Crippen LogP contribution >= 0.6 is 0 Å². The summed E-state index contributed by atoms with van der Waals surface area (Å²) in [5.41, 5.74) is 4.34. The van der Waals surface area contributed by atoms with Crippen LogP contribution < -0.4 is 5.32 Å². The highest BCUT2D eigenvalue weighted by Gasteiger charge is 2.13. The number of nitrogens with one attached hydrogen (secondary N) is 1. The number of carbonyl (C=O) groups is 1. The van der Waals surface area contributed by atoms with E-state index in [0.717, 1.165) is 28.6 Å². The van der Waals surface area contributed by atoms with Gasteiger partial charge in [0.15, 0.2) is 0 Å². The number of benzene rings is 2. The zero-order chi connectivity index (χ0) is 17.1. The smallest absolute Gasteiger partial charge is 0.228 e. The van der Waals surface area contributed by atoms with Crippen LogP contribution in [0.3, 0.4) is 0 Å². The molecule has 0 saturated heterocycles. The minimum absolute atomic E-state index is 0.0297. The molecule has 0 aliphatic rings. The van der Waals surface area contributed by atoms with Gasteiger partial charge in [-0.25, -0.2) is 0 Å². The summed E-state index contributed by atoms with van der Waals surface area (Å²) >= 11 is 0. The van der Waals surface area contributed by atoms with Crippen molar-refractivity contribution in [2.45, 2.75) is 32.6 Å². The predicted octanol–water partition coefficient (Wildman–Crippen LogP) is 4.87. The molecular formula is C21H24N2O. The molecule has 0 saturated carbocycles. The number of hydrogen-bond donors (Lipinski definition) is 1. The predicted molar refractivity (Wildman–Crippen MR) is 100 cm³/mol. The second kappa shape index (κ2) is 6.91. The lowest BCUT2D eigenvalue weighted by Gasteiger charge is -2.15. The Labute approximate surface area is 143 Å². The molecule has 124 valence electrons. The van der Waals surface area contributed by atoms with Crippen molar-refractivity contribution < 1.29 is 4.79 Å². The van der Waals surface area contributed by atoms with Crippen molar-refractivity contribution in [3.05, 3.63) is 65.9 Å². The molecule has 3 heteroatoms. The van der Waals surface area contributed by atoms with E-state index < -0.39 is 0 Å². The van der Waals surface area contributed by atoms with Gasteiger partial charge in [0.05, 0.1) is 6.42 Å². The molecule has 0 fully saturated rings. The van der Waals surface area contributed by atoms with Crippen molar-refractivity contribution >= 4 is 22.5 Å². The van der Waals surface area contributed by atoms with E-state index >= 15 is 0 Å². The van der Waals surface area contributed by atoms with Crippen LogP contribution in [-0.2, 0) is 18.3 Å². The SMILES string of the molecule is CCC(C)c1ccccc1NC(=O)Cc1cn(C)c2ccccc12. The number of para-hydroxylation sites is 2. The first-order valence-corrected chi connectivity index (χ1v) is 8.52. The van der Waals surface area contributed by atoms with Crippen molar-refractivity contribution in [3.8, 4) is 0 Å². The van der Waals surface area contributed by atoms with Crippen LogP contribution in [0.15, 0.2) is 54.7 Å². The van der Waals surface area contributed by atoms with Crippen molar-refractivity contribution in [3.63, 3.8) is 0 Å². The van der Waals surface area contributed by atoms with Crippen LogP contribution in [0.25, 0.3) is 10.9 Å². The Morgan fingerprint density at radius 2 is 1.83 bits per heavy atom. The lowest BCUT2D eigenvalue weighted by molar-refractivity contribution is -0.115. The molecule has 2 aromatic carbocycles. The topological polar surface area (TPSA) is 34.0 Å². The Morgan fingerprint density at radius 3 is 2.62 bits per heavy atom. The van der Waals surface area contributed by atoms with Crippen molar-refractivity contribution in [1.82, 2.24) is 4.57 Å². The quantitative estimate of drug-likeness (QED) is 0.715. The van der Waals surface area contributed by atoms with Crippen LogP contribution in [0.1, 0.15) is 37.3 Å². The van der Waals surface area contributed by atoms with Gasteiger partial charge in [-0.3, -0.25) is 4.79 Å². The number of hydrogen-bond acceptors (Lipinski definition) is 1. The Kier molecular flexibility index (Phi) is 4.70. The summed E-state index contributed by atoms with van der Waals surface area (Å²) in [6.07, 6.45) is 3.48. The minimum Gasteiger partial charge on any atom is -0.350 e. The second-order valence-corrected chi connectivity index (χ2v) is 6.40. The van der Waals surface area contributed by atoms with E-state index in [1.54, 1.807) is 0 Å². The van der Waals surface area contributed by atoms with Gasteiger partial charge in [-0.05, 0) is 35.6 Å². The molecule has 1 unspecified atom stereocenters. The van der Waals surface area contributed by atoms with Gasteiger partial charge in [-0.1, -0.05) is 50.2 Å². The highest BCUT2D eigenvalue weighted by Crippen LogP contribution is 2.27. The number of anilines is 1. The first-order chi connectivity index (χ1) is 11.6. The molecule has 1 atom stereocenters. The molecule has 0 aliphatic heterocycles. The van der Waals surface area contributed by atoms with Gasteiger partial charge in [0.1, 0.15) is 0 Å². The van der Waals surface area contributed by atoms with E-state index in [4.69, 9.17) is 0 Å². The zero-order valence-corrected chi connectivity index (χ0v) is 14.5. The van der Waals surface area contributed by atoms with E-state index in [0.29, 0.717) is 12.3 Å². The molecule has 24 heavy (non-hydrogen) atoms. The number of aryl methyl sites for hydroxylation is 1. The first-order valence-electron chi connectivity index (χ1n) is 8.52. The minimum atomic E-state index is 0.0297. The van der Waals surface area contributed by atoms with Crippen molar-refractivity contribution in [2.24, 2.45) is 7.05 Å². The zero-order valence-electron chi connectivity index (χ0n) is 14.5. The summed E-state index contributed by atoms with van der Waals surface area (Å²) in [6, 6.07) is 16.3. The number of aromatic nitrogens is 1. The maximum Gasteiger partial charge on any atom is 0.228 e.